The van der Waals surface area contributed by atoms with Crippen LogP contribution in [0.1, 0.15) is 11.4 Å². The molecule has 3 aromatic heterocycles. The number of nitrogens with one attached hydrogen (secondary N) is 1. The molecule has 1 N–H and O–H groups in total. The van der Waals surface area contributed by atoms with E-state index < -0.39 is 0 Å². The largest absolute Gasteiger partial charge is 0.383 e. The Kier molecular flexibility index (Phi) is 4.10. The van der Waals surface area contributed by atoms with Crippen molar-refractivity contribution in [1.29, 1.82) is 0 Å². The van der Waals surface area contributed by atoms with Gasteiger partial charge < -0.3 is 10.1 Å². The van der Waals surface area contributed by atoms with Crippen molar-refractivity contribution in [1.82, 2.24) is 24.5 Å². The molecule has 0 saturated heterocycles. The Morgan fingerprint density at radius 1 is 1.35 bits per heavy atom. The minimum Gasteiger partial charge on any atom is -0.383 e. The molecular formula is C13H17N5OS. The van der Waals surface area contributed by atoms with Gasteiger partial charge in [-0.1, -0.05) is 0 Å². The number of rotatable bonds is 7. The highest BCUT2D eigenvalue weighted by atomic mass is 32.1. The number of imidazole rings is 1. The zero-order chi connectivity index (χ0) is 13.8. The summed E-state index contributed by atoms with van der Waals surface area (Å²) < 4.78 is 8.94. The lowest BCUT2D eigenvalue weighted by atomic mass is 10.4. The summed E-state index contributed by atoms with van der Waals surface area (Å²) in [6.45, 7) is 3.01. The van der Waals surface area contributed by atoms with Gasteiger partial charge in [-0.25, -0.2) is 4.98 Å². The summed E-state index contributed by atoms with van der Waals surface area (Å²) in [5.41, 5.74) is 2.06. The van der Waals surface area contributed by atoms with Crippen LogP contribution in [0.25, 0.3) is 4.96 Å². The van der Waals surface area contributed by atoms with Crippen LogP contribution in [0.5, 0.6) is 0 Å². The van der Waals surface area contributed by atoms with Gasteiger partial charge in [0.1, 0.15) is 0 Å². The van der Waals surface area contributed by atoms with Gasteiger partial charge in [0, 0.05) is 44.2 Å². The average molecular weight is 291 g/mol. The van der Waals surface area contributed by atoms with Gasteiger partial charge in [-0.2, -0.15) is 5.10 Å². The Balaban J connectivity index is 1.57. The van der Waals surface area contributed by atoms with Crippen LogP contribution in [0, 0.1) is 0 Å². The van der Waals surface area contributed by atoms with Gasteiger partial charge in [-0.05, 0) is 6.07 Å². The lowest BCUT2D eigenvalue weighted by Gasteiger charge is -2.01. The van der Waals surface area contributed by atoms with E-state index in [0.29, 0.717) is 13.2 Å². The van der Waals surface area contributed by atoms with Crippen molar-refractivity contribution in [3.63, 3.8) is 0 Å². The summed E-state index contributed by atoms with van der Waals surface area (Å²) in [4.78, 5) is 5.57. The molecule has 0 atom stereocenters. The summed E-state index contributed by atoms with van der Waals surface area (Å²) >= 11 is 1.64. The smallest absolute Gasteiger partial charge is 0.193 e. The Morgan fingerprint density at radius 2 is 2.30 bits per heavy atom. The highest BCUT2D eigenvalue weighted by Crippen LogP contribution is 2.12. The maximum absolute atomic E-state index is 4.99. The SMILES string of the molecule is COCCNCc1ccn(Cc2cn3ccsc3n2)n1. The molecule has 3 heterocycles. The zero-order valence-corrected chi connectivity index (χ0v) is 12.1. The Bertz CT molecular complexity index is 642. The average Bonchev–Trinajstić information content (AvgIpc) is 3.11. The quantitative estimate of drug-likeness (QED) is 0.668. The van der Waals surface area contributed by atoms with Crippen LogP contribution < -0.4 is 5.32 Å². The van der Waals surface area contributed by atoms with Crippen LogP contribution in [0.2, 0.25) is 0 Å². The Hall–Kier alpha value is -1.70. The van der Waals surface area contributed by atoms with Crippen molar-refractivity contribution in [3.05, 3.63) is 41.4 Å². The molecule has 7 heteroatoms. The van der Waals surface area contributed by atoms with Crippen LogP contribution in [-0.4, -0.2) is 39.4 Å². The molecule has 0 aliphatic carbocycles. The molecular weight excluding hydrogens is 274 g/mol. The molecule has 3 aromatic rings. The van der Waals surface area contributed by atoms with Crippen LogP contribution in [0.3, 0.4) is 0 Å². The van der Waals surface area contributed by atoms with Crippen molar-refractivity contribution in [2.24, 2.45) is 0 Å². The fourth-order valence-corrected chi connectivity index (χ4v) is 2.71. The van der Waals surface area contributed by atoms with Crippen LogP contribution in [0.4, 0.5) is 0 Å². The minimum atomic E-state index is 0.701. The normalized spacial score (nSPS) is 11.4. The van der Waals surface area contributed by atoms with E-state index in [1.54, 1.807) is 18.4 Å². The summed E-state index contributed by atoms with van der Waals surface area (Å²) in [7, 11) is 1.70. The van der Waals surface area contributed by atoms with E-state index in [-0.39, 0.29) is 0 Å². The number of hydrogen-bond donors (Lipinski definition) is 1. The number of methoxy groups -OCH3 is 1. The molecule has 20 heavy (non-hydrogen) atoms. The molecule has 6 nitrogen and oxygen atoms in total. The first-order valence-electron chi connectivity index (χ1n) is 6.48. The van der Waals surface area contributed by atoms with Gasteiger partial charge in [0.2, 0.25) is 0 Å². The molecule has 0 saturated carbocycles. The lowest BCUT2D eigenvalue weighted by molar-refractivity contribution is 0.199. The molecule has 0 aliphatic heterocycles. The van der Waals surface area contributed by atoms with Gasteiger partial charge in [0.25, 0.3) is 0 Å². The molecule has 0 aromatic carbocycles. The topological polar surface area (TPSA) is 56.4 Å². The third kappa shape index (κ3) is 3.06. The predicted octanol–water partition coefficient (Wildman–Crippen LogP) is 1.38. The van der Waals surface area contributed by atoms with Crippen LogP contribution in [-0.2, 0) is 17.8 Å². The third-order valence-electron chi connectivity index (χ3n) is 2.95. The first-order valence-corrected chi connectivity index (χ1v) is 7.36. The number of ether oxygens (including phenoxy) is 1. The Labute approximate surface area is 121 Å². The highest BCUT2D eigenvalue weighted by Gasteiger charge is 2.04. The second kappa shape index (κ2) is 6.17. The van der Waals surface area contributed by atoms with Crippen molar-refractivity contribution in [3.8, 4) is 0 Å². The first-order chi connectivity index (χ1) is 9.85. The molecule has 0 fully saturated rings. The molecule has 3 rings (SSSR count). The molecule has 0 aliphatic rings. The second-order valence-corrected chi connectivity index (χ2v) is 5.37. The summed E-state index contributed by atoms with van der Waals surface area (Å²) in [5, 5.41) is 9.84. The van der Waals surface area contributed by atoms with Crippen molar-refractivity contribution in [2.45, 2.75) is 13.1 Å². The fourth-order valence-electron chi connectivity index (χ4n) is 1.99. The summed E-state index contributed by atoms with van der Waals surface area (Å²) in [6, 6.07) is 2.03. The van der Waals surface area contributed by atoms with E-state index in [2.05, 4.69) is 15.4 Å². The van der Waals surface area contributed by atoms with E-state index in [9.17, 15) is 0 Å². The third-order valence-corrected chi connectivity index (χ3v) is 3.72. The second-order valence-electron chi connectivity index (χ2n) is 4.50. The number of nitrogens with zero attached hydrogens (tertiary/aromatic N) is 4. The molecule has 0 spiro atoms. The van der Waals surface area contributed by atoms with Gasteiger partial charge >= 0.3 is 0 Å². The lowest BCUT2D eigenvalue weighted by Crippen LogP contribution is -2.19. The van der Waals surface area contributed by atoms with Gasteiger partial charge in [-0.3, -0.25) is 9.08 Å². The maximum Gasteiger partial charge on any atom is 0.193 e. The van der Waals surface area contributed by atoms with E-state index >= 15 is 0 Å². The summed E-state index contributed by atoms with van der Waals surface area (Å²) in [6.07, 6.45) is 6.05. The van der Waals surface area contributed by atoms with Gasteiger partial charge in [0.05, 0.1) is 24.5 Å². The number of thiazole rings is 1. The van der Waals surface area contributed by atoms with Crippen molar-refractivity contribution < 1.29 is 4.74 Å². The van der Waals surface area contributed by atoms with Crippen LogP contribution in [0.15, 0.2) is 30.0 Å². The minimum absolute atomic E-state index is 0.701. The number of hydrogen-bond acceptors (Lipinski definition) is 5. The van der Waals surface area contributed by atoms with Crippen molar-refractivity contribution in [2.75, 3.05) is 20.3 Å². The summed E-state index contributed by atoms with van der Waals surface area (Å²) in [5.74, 6) is 0. The van der Waals surface area contributed by atoms with Gasteiger partial charge in [0.15, 0.2) is 4.96 Å². The highest BCUT2D eigenvalue weighted by molar-refractivity contribution is 7.15. The first kappa shape index (κ1) is 13.3. The van der Waals surface area contributed by atoms with E-state index in [1.165, 1.54) is 0 Å². The van der Waals surface area contributed by atoms with E-state index in [1.807, 2.05) is 39.1 Å². The van der Waals surface area contributed by atoms with E-state index in [0.717, 1.165) is 29.4 Å². The molecule has 106 valence electrons. The Morgan fingerprint density at radius 3 is 3.15 bits per heavy atom. The van der Waals surface area contributed by atoms with E-state index in [4.69, 9.17) is 4.74 Å². The van der Waals surface area contributed by atoms with Crippen LogP contribution >= 0.6 is 11.3 Å². The standard InChI is InChI=1S/C13H17N5OS/c1-19-6-3-14-8-11-2-4-18(16-11)10-12-9-17-5-7-20-13(17)15-12/h2,4-5,7,9,14H,3,6,8,10H2,1H3. The molecule has 0 amide bonds. The molecule has 0 bridgehead atoms. The maximum atomic E-state index is 4.99. The number of aromatic nitrogens is 4. The zero-order valence-electron chi connectivity index (χ0n) is 11.3. The predicted molar refractivity (Wildman–Crippen MR) is 78.0 cm³/mol. The molecule has 0 unspecified atom stereocenters. The monoisotopic (exact) mass is 291 g/mol. The number of fused-ring (bicyclic) bond motifs is 1. The van der Waals surface area contributed by atoms with Crippen molar-refractivity contribution >= 4 is 16.3 Å². The fraction of sp³-hybridized carbons (Fsp3) is 0.385. The van der Waals surface area contributed by atoms with Gasteiger partial charge in [-0.15, -0.1) is 11.3 Å². The molecule has 0 radical (unpaired) electrons.